The lowest BCUT2D eigenvalue weighted by molar-refractivity contribution is -0.00352. The van der Waals surface area contributed by atoms with Crippen LogP contribution in [-0.2, 0) is 4.74 Å². The third-order valence-corrected chi connectivity index (χ3v) is 4.60. The van der Waals surface area contributed by atoms with Crippen molar-refractivity contribution < 1.29 is 13.9 Å². The second-order valence-electron chi connectivity index (χ2n) is 5.84. The van der Waals surface area contributed by atoms with E-state index in [1.807, 2.05) is 0 Å². The van der Waals surface area contributed by atoms with E-state index in [1.54, 1.807) is 41.4 Å². The fourth-order valence-electron chi connectivity index (χ4n) is 3.16. The fourth-order valence-corrected chi connectivity index (χ4v) is 3.31. The van der Waals surface area contributed by atoms with Gasteiger partial charge in [-0.25, -0.2) is 9.37 Å². The average Bonchev–Trinajstić information content (AvgIpc) is 3.04. The largest absolute Gasteiger partial charge is 0.377 e. The fraction of sp³-hybridized carbons (Fsp3) is 0.222. The van der Waals surface area contributed by atoms with Gasteiger partial charge in [-0.2, -0.15) is 0 Å². The van der Waals surface area contributed by atoms with Crippen LogP contribution in [0.3, 0.4) is 0 Å². The SMILES string of the molecule is O=C(c1c[nH]c2nc(Cl)ccc12)N1CCOC[C@@H]1c1ccccc1F. The molecule has 128 valence electrons. The Bertz CT molecular complexity index is 943. The quantitative estimate of drug-likeness (QED) is 0.712. The van der Waals surface area contributed by atoms with Crippen LogP contribution in [0.2, 0.25) is 5.15 Å². The smallest absolute Gasteiger partial charge is 0.256 e. The number of ether oxygens (including phenoxy) is 1. The molecule has 25 heavy (non-hydrogen) atoms. The van der Waals surface area contributed by atoms with E-state index in [-0.39, 0.29) is 18.3 Å². The zero-order valence-electron chi connectivity index (χ0n) is 13.2. The highest BCUT2D eigenvalue weighted by Gasteiger charge is 2.32. The predicted molar refractivity (Wildman–Crippen MR) is 92.1 cm³/mol. The van der Waals surface area contributed by atoms with Crippen LogP contribution >= 0.6 is 11.6 Å². The van der Waals surface area contributed by atoms with E-state index in [0.29, 0.717) is 40.5 Å². The summed E-state index contributed by atoms with van der Waals surface area (Å²) in [5, 5.41) is 1.04. The summed E-state index contributed by atoms with van der Waals surface area (Å²) in [5.41, 5.74) is 1.49. The zero-order valence-corrected chi connectivity index (χ0v) is 14.0. The minimum atomic E-state index is -0.465. The number of morpholine rings is 1. The van der Waals surface area contributed by atoms with Crippen LogP contribution in [0.15, 0.2) is 42.6 Å². The highest BCUT2D eigenvalue weighted by Crippen LogP contribution is 2.29. The van der Waals surface area contributed by atoms with Gasteiger partial charge in [-0.1, -0.05) is 29.8 Å². The van der Waals surface area contributed by atoms with Crippen molar-refractivity contribution in [1.82, 2.24) is 14.9 Å². The van der Waals surface area contributed by atoms with Crippen molar-refractivity contribution in [3.05, 3.63) is 64.7 Å². The maximum atomic E-state index is 14.2. The molecule has 1 aromatic carbocycles. The van der Waals surface area contributed by atoms with Gasteiger partial charge in [0.2, 0.25) is 0 Å². The van der Waals surface area contributed by atoms with E-state index in [1.165, 1.54) is 6.07 Å². The van der Waals surface area contributed by atoms with Gasteiger partial charge in [-0.05, 0) is 18.2 Å². The van der Waals surface area contributed by atoms with Crippen LogP contribution in [0.4, 0.5) is 4.39 Å². The Labute approximate surface area is 148 Å². The molecule has 1 saturated heterocycles. The van der Waals surface area contributed by atoms with Crippen molar-refractivity contribution in [2.24, 2.45) is 0 Å². The number of carbonyl (C=O) groups excluding carboxylic acids is 1. The van der Waals surface area contributed by atoms with Gasteiger partial charge in [0.1, 0.15) is 16.6 Å². The molecule has 1 amide bonds. The van der Waals surface area contributed by atoms with Gasteiger partial charge < -0.3 is 14.6 Å². The van der Waals surface area contributed by atoms with E-state index < -0.39 is 6.04 Å². The standard InChI is InChI=1S/C18H15ClFN3O2/c19-16-6-5-11-13(9-21-17(11)22-16)18(24)23-7-8-25-10-15(23)12-3-1-2-4-14(12)20/h1-6,9,15H,7-8,10H2,(H,21,22)/t15-/m1/s1. The molecule has 1 fully saturated rings. The van der Waals surface area contributed by atoms with Crippen molar-refractivity contribution in [2.75, 3.05) is 19.8 Å². The minimum Gasteiger partial charge on any atom is -0.377 e. The van der Waals surface area contributed by atoms with Crippen molar-refractivity contribution in [3.8, 4) is 0 Å². The second kappa shape index (κ2) is 6.46. The molecule has 1 atom stereocenters. The first-order chi connectivity index (χ1) is 12.1. The summed E-state index contributed by atoms with van der Waals surface area (Å²) < 4.78 is 19.7. The number of rotatable bonds is 2. The van der Waals surface area contributed by atoms with Gasteiger partial charge >= 0.3 is 0 Å². The molecule has 1 aliphatic heterocycles. The number of hydrogen-bond acceptors (Lipinski definition) is 3. The summed E-state index contributed by atoms with van der Waals surface area (Å²) in [5.74, 6) is -0.532. The lowest BCUT2D eigenvalue weighted by Crippen LogP contribution is -2.43. The highest BCUT2D eigenvalue weighted by molar-refractivity contribution is 6.29. The summed E-state index contributed by atoms with van der Waals surface area (Å²) in [6.07, 6.45) is 1.62. The summed E-state index contributed by atoms with van der Waals surface area (Å²) in [6.45, 7) is 1.08. The molecule has 2 aromatic heterocycles. The predicted octanol–water partition coefficient (Wildman–Crippen LogP) is 3.57. The number of pyridine rings is 1. The number of H-pyrrole nitrogens is 1. The third-order valence-electron chi connectivity index (χ3n) is 4.39. The molecule has 1 N–H and O–H groups in total. The Hall–Kier alpha value is -2.44. The molecule has 3 heterocycles. The molecule has 0 unspecified atom stereocenters. The van der Waals surface area contributed by atoms with E-state index in [2.05, 4.69) is 9.97 Å². The number of amides is 1. The number of benzene rings is 1. The molecule has 3 aromatic rings. The Morgan fingerprint density at radius 1 is 1.32 bits per heavy atom. The van der Waals surface area contributed by atoms with Gasteiger partial charge in [0.25, 0.3) is 5.91 Å². The van der Waals surface area contributed by atoms with Gasteiger partial charge in [-0.3, -0.25) is 4.79 Å². The van der Waals surface area contributed by atoms with Crippen LogP contribution in [-0.4, -0.2) is 40.5 Å². The number of carbonyl (C=O) groups is 1. The van der Waals surface area contributed by atoms with E-state index in [4.69, 9.17) is 16.3 Å². The molecule has 0 bridgehead atoms. The lowest BCUT2D eigenvalue weighted by Gasteiger charge is -2.36. The van der Waals surface area contributed by atoms with Crippen molar-refractivity contribution in [1.29, 1.82) is 0 Å². The Morgan fingerprint density at radius 3 is 3.00 bits per heavy atom. The monoisotopic (exact) mass is 359 g/mol. The first-order valence-electron chi connectivity index (χ1n) is 7.92. The molecular weight excluding hydrogens is 345 g/mol. The van der Waals surface area contributed by atoms with Crippen molar-refractivity contribution >= 4 is 28.5 Å². The molecule has 5 nitrogen and oxygen atoms in total. The van der Waals surface area contributed by atoms with Crippen LogP contribution in [0.5, 0.6) is 0 Å². The first-order valence-corrected chi connectivity index (χ1v) is 8.29. The molecule has 0 radical (unpaired) electrons. The molecule has 7 heteroatoms. The van der Waals surface area contributed by atoms with Crippen LogP contribution in [0, 0.1) is 5.82 Å². The number of aromatic amines is 1. The van der Waals surface area contributed by atoms with Crippen molar-refractivity contribution in [3.63, 3.8) is 0 Å². The van der Waals surface area contributed by atoms with E-state index in [9.17, 15) is 9.18 Å². The van der Waals surface area contributed by atoms with Crippen LogP contribution in [0.25, 0.3) is 11.0 Å². The molecule has 1 aliphatic rings. The molecule has 0 aliphatic carbocycles. The molecule has 4 rings (SSSR count). The average molecular weight is 360 g/mol. The molecule has 0 spiro atoms. The van der Waals surface area contributed by atoms with E-state index >= 15 is 0 Å². The Balaban J connectivity index is 1.72. The van der Waals surface area contributed by atoms with Gasteiger partial charge in [-0.15, -0.1) is 0 Å². The topological polar surface area (TPSA) is 58.2 Å². The van der Waals surface area contributed by atoms with Gasteiger partial charge in [0, 0.05) is 23.7 Å². The maximum Gasteiger partial charge on any atom is 0.256 e. The highest BCUT2D eigenvalue weighted by atomic mass is 35.5. The van der Waals surface area contributed by atoms with Crippen LogP contribution < -0.4 is 0 Å². The minimum absolute atomic E-state index is 0.188. The van der Waals surface area contributed by atoms with Crippen LogP contribution in [0.1, 0.15) is 22.0 Å². The number of nitrogens with zero attached hydrogens (tertiary/aromatic N) is 2. The molecule has 0 saturated carbocycles. The Morgan fingerprint density at radius 2 is 2.16 bits per heavy atom. The lowest BCUT2D eigenvalue weighted by atomic mass is 10.0. The molecular formula is C18H15ClFN3O2. The maximum absolute atomic E-state index is 14.2. The third kappa shape index (κ3) is 2.88. The van der Waals surface area contributed by atoms with E-state index in [0.717, 1.165) is 0 Å². The summed E-state index contributed by atoms with van der Waals surface area (Å²) in [7, 11) is 0. The van der Waals surface area contributed by atoms with Crippen molar-refractivity contribution in [2.45, 2.75) is 6.04 Å². The van der Waals surface area contributed by atoms with Gasteiger partial charge in [0.15, 0.2) is 0 Å². The number of aromatic nitrogens is 2. The number of halogens is 2. The number of hydrogen-bond donors (Lipinski definition) is 1. The summed E-state index contributed by atoms with van der Waals surface area (Å²) >= 11 is 5.89. The second-order valence-corrected chi connectivity index (χ2v) is 6.23. The zero-order chi connectivity index (χ0) is 17.4. The summed E-state index contributed by atoms with van der Waals surface area (Å²) in [4.78, 5) is 21.9. The number of fused-ring (bicyclic) bond motifs is 1. The normalized spacial score (nSPS) is 17.8. The number of nitrogens with one attached hydrogen (secondary N) is 1. The Kier molecular flexibility index (Phi) is 4.15. The summed E-state index contributed by atoms with van der Waals surface area (Å²) in [6, 6.07) is 9.40. The van der Waals surface area contributed by atoms with Gasteiger partial charge in [0.05, 0.1) is 24.8 Å². The first kappa shape index (κ1) is 16.1.